The molecule has 0 radical (unpaired) electrons. The van der Waals surface area contributed by atoms with Gasteiger partial charge in [0.1, 0.15) is 11.8 Å². The highest BCUT2D eigenvalue weighted by Crippen LogP contribution is 2.20. The van der Waals surface area contributed by atoms with E-state index in [0.717, 1.165) is 27.8 Å². The molecular formula is C29H34N2O3. The molecule has 0 aliphatic rings. The van der Waals surface area contributed by atoms with Gasteiger partial charge in [0.2, 0.25) is 5.91 Å². The van der Waals surface area contributed by atoms with Crippen molar-refractivity contribution < 1.29 is 14.3 Å². The maximum Gasteiger partial charge on any atom is 0.261 e. The van der Waals surface area contributed by atoms with Gasteiger partial charge in [-0.25, -0.2) is 0 Å². The maximum atomic E-state index is 13.5. The second-order valence-corrected chi connectivity index (χ2v) is 8.67. The minimum absolute atomic E-state index is 0.138. The lowest BCUT2D eigenvalue weighted by atomic mass is 10.0. The molecule has 0 aliphatic carbocycles. The van der Waals surface area contributed by atoms with Gasteiger partial charge in [-0.3, -0.25) is 9.59 Å². The molecular weight excluding hydrogens is 424 g/mol. The van der Waals surface area contributed by atoms with E-state index >= 15 is 0 Å². The van der Waals surface area contributed by atoms with E-state index in [4.69, 9.17) is 4.74 Å². The zero-order valence-electron chi connectivity index (χ0n) is 20.5. The van der Waals surface area contributed by atoms with E-state index in [1.807, 2.05) is 100 Å². The number of ether oxygens (including phenoxy) is 1. The van der Waals surface area contributed by atoms with Crippen LogP contribution in [0.5, 0.6) is 5.75 Å². The molecule has 0 aromatic heterocycles. The molecule has 0 bridgehead atoms. The number of carbonyl (C=O) groups is 2. The molecule has 0 saturated heterocycles. The highest BCUT2D eigenvalue weighted by atomic mass is 16.5. The van der Waals surface area contributed by atoms with Crippen LogP contribution < -0.4 is 10.1 Å². The van der Waals surface area contributed by atoms with Crippen LogP contribution in [-0.4, -0.2) is 35.9 Å². The normalized spacial score (nSPS) is 11.5. The molecule has 5 heteroatoms. The topological polar surface area (TPSA) is 58.6 Å². The van der Waals surface area contributed by atoms with Crippen molar-refractivity contribution in [3.05, 3.63) is 101 Å². The number of aryl methyl sites for hydroxylation is 3. The number of hydrogen-bond acceptors (Lipinski definition) is 3. The molecule has 0 heterocycles. The minimum Gasteiger partial charge on any atom is -0.483 e. The summed E-state index contributed by atoms with van der Waals surface area (Å²) in [5, 5.41) is 2.91. The monoisotopic (exact) mass is 458 g/mol. The third-order valence-corrected chi connectivity index (χ3v) is 5.74. The fourth-order valence-electron chi connectivity index (χ4n) is 4.04. The van der Waals surface area contributed by atoms with E-state index in [2.05, 4.69) is 5.32 Å². The SMILES string of the molecule is CCNC(=O)[C@H](Cc1ccccc1)N(Cc1cccc(C)c1)C(=O)COc1ccc(C)cc1C. The predicted molar refractivity (Wildman–Crippen MR) is 136 cm³/mol. The van der Waals surface area contributed by atoms with E-state index in [1.54, 1.807) is 4.90 Å². The van der Waals surface area contributed by atoms with Crippen LogP contribution in [0.2, 0.25) is 0 Å². The number of amides is 2. The summed E-state index contributed by atoms with van der Waals surface area (Å²) in [6.45, 7) is 8.56. The maximum absolute atomic E-state index is 13.5. The fraction of sp³-hybridized carbons (Fsp3) is 0.310. The number of nitrogens with one attached hydrogen (secondary N) is 1. The highest BCUT2D eigenvalue weighted by molar-refractivity contribution is 5.88. The van der Waals surface area contributed by atoms with Crippen LogP contribution in [-0.2, 0) is 22.6 Å². The Morgan fingerprint density at radius 1 is 0.882 bits per heavy atom. The molecule has 3 aromatic rings. The highest BCUT2D eigenvalue weighted by Gasteiger charge is 2.30. The van der Waals surface area contributed by atoms with Gasteiger partial charge < -0.3 is 15.0 Å². The van der Waals surface area contributed by atoms with Gasteiger partial charge in [-0.1, -0.05) is 77.9 Å². The number of nitrogens with zero attached hydrogens (tertiary/aromatic N) is 1. The first-order valence-corrected chi connectivity index (χ1v) is 11.7. The smallest absolute Gasteiger partial charge is 0.261 e. The lowest BCUT2D eigenvalue weighted by molar-refractivity contribution is -0.142. The van der Waals surface area contributed by atoms with Crippen molar-refractivity contribution >= 4 is 11.8 Å². The second-order valence-electron chi connectivity index (χ2n) is 8.67. The Kier molecular flexibility index (Phi) is 8.86. The Balaban J connectivity index is 1.90. The van der Waals surface area contributed by atoms with Crippen molar-refractivity contribution in [1.82, 2.24) is 10.2 Å². The molecule has 1 atom stereocenters. The standard InChI is InChI=1S/C29H34N2O3/c1-5-30-29(33)26(18-24-11-7-6-8-12-24)31(19-25-13-9-10-21(2)17-25)28(32)20-34-27-15-14-22(3)16-23(27)4/h6-17,26H,5,18-20H2,1-4H3,(H,30,33)/t26-/m0/s1. The number of rotatable bonds is 10. The van der Waals surface area contributed by atoms with Crippen LogP contribution >= 0.6 is 0 Å². The lowest BCUT2D eigenvalue weighted by Crippen LogP contribution is -2.51. The average molecular weight is 459 g/mol. The van der Waals surface area contributed by atoms with Gasteiger partial charge in [-0.15, -0.1) is 0 Å². The zero-order chi connectivity index (χ0) is 24.5. The molecule has 0 saturated carbocycles. The Bertz CT molecular complexity index is 1110. The van der Waals surface area contributed by atoms with Gasteiger partial charge in [0.25, 0.3) is 5.91 Å². The van der Waals surface area contributed by atoms with E-state index in [0.29, 0.717) is 25.3 Å². The van der Waals surface area contributed by atoms with Crippen LogP contribution in [0.25, 0.3) is 0 Å². The van der Waals surface area contributed by atoms with Gasteiger partial charge in [-0.05, 0) is 50.5 Å². The summed E-state index contributed by atoms with van der Waals surface area (Å²) in [5.74, 6) is 0.277. The first kappa shape index (κ1) is 25.0. The van der Waals surface area contributed by atoms with Crippen molar-refractivity contribution in [3.63, 3.8) is 0 Å². The number of hydrogen-bond donors (Lipinski definition) is 1. The Hall–Kier alpha value is -3.60. The summed E-state index contributed by atoms with van der Waals surface area (Å²) in [7, 11) is 0. The third-order valence-electron chi connectivity index (χ3n) is 5.74. The molecule has 5 nitrogen and oxygen atoms in total. The summed E-state index contributed by atoms with van der Waals surface area (Å²) < 4.78 is 5.91. The Morgan fingerprint density at radius 3 is 2.26 bits per heavy atom. The van der Waals surface area contributed by atoms with Crippen LogP contribution in [0.1, 0.15) is 34.7 Å². The quantitative estimate of drug-likeness (QED) is 0.476. The molecule has 3 aromatic carbocycles. The largest absolute Gasteiger partial charge is 0.483 e. The van der Waals surface area contributed by atoms with Crippen molar-refractivity contribution in [2.75, 3.05) is 13.2 Å². The Morgan fingerprint density at radius 2 is 1.59 bits per heavy atom. The third kappa shape index (κ3) is 6.95. The summed E-state index contributed by atoms with van der Waals surface area (Å²) in [6, 6.07) is 23.0. The first-order chi connectivity index (χ1) is 16.4. The Labute approximate surface area is 202 Å². The van der Waals surface area contributed by atoms with Gasteiger partial charge >= 0.3 is 0 Å². The van der Waals surface area contributed by atoms with Gasteiger partial charge in [0.05, 0.1) is 0 Å². The van der Waals surface area contributed by atoms with E-state index < -0.39 is 6.04 Å². The molecule has 0 unspecified atom stereocenters. The summed E-state index contributed by atoms with van der Waals surface area (Å²) in [6.07, 6.45) is 0.424. The van der Waals surface area contributed by atoms with Crippen LogP contribution in [0.4, 0.5) is 0 Å². The number of carbonyl (C=O) groups excluding carboxylic acids is 2. The molecule has 178 valence electrons. The molecule has 1 N–H and O–H groups in total. The zero-order valence-corrected chi connectivity index (χ0v) is 20.5. The van der Waals surface area contributed by atoms with E-state index in [1.165, 1.54) is 0 Å². The van der Waals surface area contributed by atoms with E-state index in [-0.39, 0.29) is 18.4 Å². The second kappa shape index (κ2) is 12.0. The minimum atomic E-state index is -0.655. The lowest BCUT2D eigenvalue weighted by Gasteiger charge is -2.31. The van der Waals surface area contributed by atoms with Crippen molar-refractivity contribution in [3.8, 4) is 5.75 Å². The summed E-state index contributed by atoms with van der Waals surface area (Å²) in [4.78, 5) is 28.4. The van der Waals surface area contributed by atoms with Crippen molar-refractivity contribution in [2.24, 2.45) is 0 Å². The van der Waals surface area contributed by atoms with E-state index in [9.17, 15) is 9.59 Å². The van der Waals surface area contributed by atoms with Gasteiger partial charge in [0.15, 0.2) is 6.61 Å². The van der Waals surface area contributed by atoms with Crippen molar-refractivity contribution in [1.29, 1.82) is 0 Å². The van der Waals surface area contributed by atoms with Crippen LogP contribution in [0.3, 0.4) is 0 Å². The van der Waals surface area contributed by atoms with Crippen molar-refractivity contribution in [2.45, 2.75) is 46.7 Å². The molecule has 2 amide bonds. The van der Waals surface area contributed by atoms with Gasteiger partial charge in [0, 0.05) is 19.5 Å². The average Bonchev–Trinajstić information content (AvgIpc) is 2.81. The molecule has 0 spiro atoms. The molecule has 3 rings (SSSR count). The predicted octanol–water partition coefficient (Wildman–Crippen LogP) is 4.77. The first-order valence-electron chi connectivity index (χ1n) is 11.7. The number of benzene rings is 3. The fourth-order valence-corrected chi connectivity index (χ4v) is 4.04. The molecule has 0 fully saturated rings. The summed E-state index contributed by atoms with van der Waals surface area (Å²) >= 11 is 0. The molecule has 34 heavy (non-hydrogen) atoms. The molecule has 0 aliphatic heterocycles. The number of likely N-dealkylation sites (N-methyl/N-ethyl adjacent to an activating group) is 1. The van der Waals surface area contributed by atoms with Gasteiger partial charge in [-0.2, -0.15) is 0 Å². The summed E-state index contributed by atoms with van der Waals surface area (Å²) in [5.41, 5.74) is 5.19. The van der Waals surface area contributed by atoms with Crippen LogP contribution in [0.15, 0.2) is 72.8 Å². The van der Waals surface area contributed by atoms with Crippen LogP contribution in [0, 0.1) is 20.8 Å².